The van der Waals surface area contributed by atoms with Gasteiger partial charge in [-0.3, -0.25) is 0 Å². The lowest BCUT2D eigenvalue weighted by Gasteiger charge is -2.05. The highest BCUT2D eigenvalue weighted by atomic mass is 16.5. The van der Waals surface area contributed by atoms with E-state index in [-0.39, 0.29) is 14.9 Å². The molecular formula is C14H32O4. The van der Waals surface area contributed by atoms with Gasteiger partial charge in [0.2, 0.25) is 0 Å². The molecule has 2 saturated heterocycles. The Hall–Kier alpha value is -0.160. The van der Waals surface area contributed by atoms with E-state index in [0.717, 1.165) is 26.4 Å². The minimum atomic E-state index is 0. The molecule has 0 aromatic heterocycles. The molecule has 18 heavy (non-hydrogen) atoms. The van der Waals surface area contributed by atoms with Crippen molar-refractivity contribution in [2.24, 2.45) is 0 Å². The summed E-state index contributed by atoms with van der Waals surface area (Å²) in [6, 6.07) is 0. The minimum Gasteiger partial charge on any atom is -0.382 e. The maximum Gasteiger partial charge on any atom is 0.0809 e. The summed E-state index contributed by atoms with van der Waals surface area (Å²) in [6.07, 6.45) is 5.53. The van der Waals surface area contributed by atoms with E-state index in [1.54, 1.807) is 14.2 Å². The lowest BCUT2D eigenvalue weighted by atomic mass is 10.2. The van der Waals surface area contributed by atoms with Gasteiger partial charge in [0, 0.05) is 27.4 Å². The Bertz CT molecular complexity index is 134. The molecule has 2 fully saturated rings. The van der Waals surface area contributed by atoms with Crippen molar-refractivity contribution in [1.82, 2.24) is 0 Å². The van der Waals surface area contributed by atoms with Gasteiger partial charge >= 0.3 is 0 Å². The van der Waals surface area contributed by atoms with E-state index in [0.29, 0.717) is 12.2 Å². The molecular weight excluding hydrogens is 232 g/mol. The third-order valence-corrected chi connectivity index (χ3v) is 2.75. The largest absolute Gasteiger partial charge is 0.382 e. The third kappa shape index (κ3) is 8.86. The summed E-state index contributed by atoms with van der Waals surface area (Å²) in [5.41, 5.74) is 0. The molecule has 2 rings (SSSR count). The summed E-state index contributed by atoms with van der Waals surface area (Å²) in [5.74, 6) is 0. The minimum absolute atomic E-state index is 0. The topological polar surface area (TPSA) is 36.9 Å². The van der Waals surface area contributed by atoms with Gasteiger partial charge in [-0.15, -0.1) is 0 Å². The Labute approximate surface area is 113 Å². The third-order valence-electron chi connectivity index (χ3n) is 2.75. The fourth-order valence-corrected chi connectivity index (χ4v) is 1.92. The molecule has 2 heterocycles. The molecule has 0 saturated carbocycles. The van der Waals surface area contributed by atoms with E-state index in [1.165, 1.54) is 25.7 Å². The maximum atomic E-state index is 5.27. The van der Waals surface area contributed by atoms with E-state index in [2.05, 4.69) is 0 Å². The van der Waals surface area contributed by atoms with Crippen LogP contribution in [0.3, 0.4) is 0 Å². The predicted molar refractivity (Wildman–Crippen MR) is 75.2 cm³/mol. The summed E-state index contributed by atoms with van der Waals surface area (Å²) in [4.78, 5) is 0. The van der Waals surface area contributed by atoms with Crippen molar-refractivity contribution in [3.8, 4) is 0 Å². The molecule has 4 heteroatoms. The van der Waals surface area contributed by atoms with Gasteiger partial charge in [-0.1, -0.05) is 14.9 Å². The smallest absolute Gasteiger partial charge is 0.0809 e. The van der Waals surface area contributed by atoms with Crippen LogP contribution in [0.1, 0.15) is 40.5 Å². The standard InChI is InChI=1S/2C6H12O2.2CH4/c2*1-7-5-6-3-2-4-8-6;;/h2*6H,2-5H2,1H3;2*1H4/t2*6-;;/m10../s1. The van der Waals surface area contributed by atoms with Crippen LogP contribution >= 0.6 is 0 Å². The Morgan fingerprint density at radius 1 is 0.833 bits per heavy atom. The van der Waals surface area contributed by atoms with Crippen LogP contribution in [-0.2, 0) is 18.9 Å². The molecule has 0 N–H and O–H groups in total. The molecule has 2 aliphatic heterocycles. The summed E-state index contributed by atoms with van der Waals surface area (Å²) >= 11 is 0. The summed E-state index contributed by atoms with van der Waals surface area (Å²) in [6.45, 7) is 3.38. The Morgan fingerprint density at radius 2 is 1.22 bits per heavy atom. The van der Waals surface area contributed by atoms with Crippen molar-refractivity contribution in [3.05, 3.63) is 0 Å². The highest BCUT2D eigenvalue weighted by Gasteiger charge is 2.14. The second-order valence-corrected chi connectivity index (χ2v) is 4.18. The number of hydrogen-bond donors (Lipinski definition) is 0. The summed E-state index contributed by atoms with van der Waals surface area (Å²) < 4.78 is 20.3. The van der Waals surface area contributed by atoms with Crippen LogP contribution in [0.4, 0.5) is 0 Å². The van der Waals surface area contributed by atoms with Gasteiger partial charge in [-0.2, -0.15) is 0 Å². The second kappa shape index (κ2) is 13.3. The molecule has 0 aromatic carbocycles. The fraction of sp³-hybridized carbons (Fsp3) is 1.00. The zero-order chi connectivity index (χ0) is 11.6. The van der Waals surface area contributed by atoms with E-state index < -0.39 is 0 Å². The van der Waals surface area contributed by atoms with Gasteiger partial charge in [0.05, 0.1) is 25.4 Å². The molecule has 0 bridgehead atoms. The number of rotatable bonds is 4. The van der Waals surface area contributed by atoms with Crippen LogP contribution in [0.5, 0.6) is 0 Å². The van der Waals surface area contributed by atoms with Crippen LogP contribution in [0.15, 0.2) is 0 Å². The van der Waals surface area contributed by atoms with Crippen LogP contribution < -0.4 is 0 Å². The summed E-state index contributed by atoms with van der Waals surface area (Å²) in [7, 11) is 3.42. The maximum absolute atomic E-state index is 5.27. The molecule has 112 valence electrons. The summed E-state index contributed by atoms with van der Waals surface area (Å²) in [5, 5.41) is 0. The quantitative estimate of drug-likeness (QED) is 0.782. The van der Waals surface area contributed by atoms with E-state index in [4.69, 9.17) is 18.9 Å². The number of ether oxygens (including phenoxy) is 4. The first kappa shape index (κ1) is 20.2. The second-order valence-electron chi connectivity index (χ2n) is 4.18. The molecule has 2 atom stereocenters. The lowest BCUT2D eigenvalue weighted by molar-refractivity contribution is 0.0380. The first-order valence-corrected chi connectivity index (χ1v) is 6.08. The van der Waals surface area contributed by atoms with Gasteiger partial charge in [-0.05, 0) is 25.7 Å². The van der Waals surface area contributed by atoms with Gasteiger partial charge in [0.1, 0.15) is 0 Å². The van der Waals surface area contributed by atoms with Crippen molar-refractivity contribution in [1.29, 1.82) is 0 Å². The van der Waals surface area contributed by atoms with Crippen molar-refractivity contribution < 1.29 is 18.9 Å². The molecule has 0 unspecified atom stereocenters. The van der Waals surface area contributed by atoms with Crippen LogP contribution in [0.25, 0.3) is 0 Å². The molecule has 0 aromatic rings. The van der Waals surface area contributed by atoms with Crippen molar-refractivity contribution in [3.63, 3.8) is 0 Å². The van der Waals surface area contributed by atoms with E-state index in [9.17, 15) is 0 Å². The molecule has 2 aliphatic rings. The fourth-order valence-electron chi connectivity index (χ4n) is 1.92. The molecule has 0 amide bonds. The average molecular weight is 264 g/mol. The van der Waals surface area contributed by atoms with Crippen LogP contribution in [0, 0.1) is 0 Å². The van der Waals surface area contributed by atoms with Crippen molar-refractivity contribution in [2.75, 3.05) is 40.6 Å². The van der Waals surface area contributed by atoms with Gasteiger partial charge < -0.3 is 18.9 Å². The normalized spacial score (nSPS) is 25.7. The first-order chi connectivity index (χ1) is 7.86. The van der Waals surface area contributed by atoms with Crippen LogP contribution in [0.2, 0.25) is 0 Å². The van der Waals surface area contributed by atoms with Crippen molar-refractivity contribution >= 4 is 0 Å². The Morgan fingerprint density at radius 3 is 1.44 bits per heavy atom. The SMILES string of the molecule is C.C.COC[C@@H]1CCCO1.COC[C@H]1CCCO1. The molecule has 4 nitrogen and oxygen atoms in total. The molecule has 0 spiro atoms. The monoisotopic (exact) mass is 264 g/mol. The average Bonchev–Trinajstić information content (AvgIpc) is 2.92. The van der Waals surface area contributed by atoms with Gasteiger partial charge in [0.15, 0.2) is 0 Å². The number of methoxy groups -OCH3 is 2. The first-order valence-electron chi connectivity index (χ1n) is 6.08. The zero-order valence-corrected chi connectivity index (χ0v) is 10.4. The highest BCUT2D eigenvalue weighted by Crippen LogP contribution is 2.11. The predicted octanol–water partition coefficient (Wildman–Crippen LogP) is 2.90. The van der Waals surface area contributed by atoms with Crippen molar-refractivity contribution in [2.45, 2.75) is 52.7 Å². The van der Waals surface area contributed by atoms with Gasteiger partial charge in [-0.25, -0.2) is 0 Å². The van der Waals surface area contributed by atoms with E-state index in [1.807, 2.05) is 0 Å². The van der Waals surface area contributed by atoms with E-state index >= 15 is 0 Å². The highest BCUT2D eigenvalue weighted by molar-refractivity contribution is 4.63. The number of hydrogen-bond acceptors (Lipinski definition) is 4. The lowest BCUT2D eigenvalue weighted by Crippen LogP contribution is -2.11. The van der Waals surface area contributed by atoms with Crippen LogP contribution in [-0.4, -0.2) is 52.9 Å². The Kier molecular flexibility index (Phi) is 14.9. The molecule has 0 radical (unpaired) electrons. The Balaban J connectivity index is 0. The van der Waals surface area contributed by atoms with Gasteiger partial charge in [0.25, 0.3) is 0 Å². The zero-order valence-electron chi connectivity index (χ0n) is 10.4. The molecule has 0 aliphatic carbocycles.